The molecule has 17 heavy (non-hydrogen) atoms. The molecule has 0 radical (unpaired) electrons. The smallest absolute Gasteiger partial charge is 0.354 e. The first-order valence-electron chi connectivity index (χ1n) is 4.91. The van der Waals surface area contributed by atoms with E-state index in [0.717, 1.165) is 15.6 Å². The van der Waals surface area contributed by atoms with Crippen molar-refractivity contribution in [1.82, 2.24) is 9.97 Å². The molecule has 1 heterocycles. The van der Waals surface area contributed by atoms with Gasteiger partial charge >= 0.3 is 5.97 Å². The number of hydrogen-bond donors (Lipinski definition) is 1. The molecule has 0 unspecified atom stereocenters. The summed E-state index contributed by atoms with van der Waals surface area (Å²) in [4.78, 5) is 18.9. The molecule has 1 aromatic carbocycles. The van der Waals surface area contributed by atoms with Crippen LogP contribution >= 0.6 is 15.9 Å². The first-order chi connectivity index (χ1) is 8.08. The van der Waals surface area contributed by atoms with Crippen LogP contribution in [0.25, 0.3) is 11.4 Å². The molecule has 1 aromatic heterocycles. The second kappa shape index (κ2) is 4.63. The summed E-state index contributed by atoms with van der Waals surface area (Å²) in [6.45, 7) is 1.97. The second-order valence-corrected chi connectivity index (χ2v) is 4.39. The van der Waals surface area contributed by atoms with Crippen molar-refractivity contribution in [3.63, 3.8) is 0 Å². The lowest BCUT2D eigenvalue weighted by Gasteiger charge is -2.03. The predicted molar refractivity (Wildman–Crippen MR) is 66.9 cm³/mol. The maximum Gasteiger partial charge on any atom is 0.354 e. The van der Waals surface area contributed by atoms with Gasteiger partial charge in [-0.05, 0) is 24.6 Å². The molecule has 0 aliphatic carbocycles. The van der Waals surface area contributed by atoms with Crippen LogP contribution in [-0.2, 0) is 0 Å². The Bertz CT molecular complexity index is 584. The predicted octanol–water partition coefficient (Wildman–Crippen LogP) is 2.91. The Kier molecular flexibility index (Phi) is 3.19. The lowest BCUT2D eigenvalue weighted by Crippen LogP contribution is -2.02. The Morgan fingerprint density at radius 2 is 2.12 bits per heavy atom. The van der Waals surface area contributed by atoms with E-state index in [1.807, 2.05) is 25.1 Å². The van der Waals surface area contributed by atoms with Gasteiger partial charge in [-0.25, -0.2) is 14.8 Å². The number of hydrogen-bond acceptors (Lipinski definition) is 3. The Labute approximate surface area is 106 Å². The molecular weight excluding hydrogens is 284 g/mol. The molecule has 0 saturated carbocycles. The molecule has 1 N–H and O–H groups in total. The number of carboxylic acid groups (broad SMARTS) is 1. The number of aromatic nitrogens is 2. The average molecular weight is 293 g/mol. The number of aryl methyl sites for hydroxylation is 1. The first-order valence-corrected chi connectivity index (χ1v) is 5.70. The maximum atomic E-state index is 10.8. The minimum Gasteiger partial charge on any atom is -0.477 e. The maximum absolute atomic E-state index is 10.8. The van der Waals surface area contributed by atoms with Crippen LogP contribution in [0.4, 0.5) is 0 Å². The van der Waals surface area contributed by atoms with E-state index in [1.165, 1.54) is 12.3 Å². The zero-order chi connectivity index (χ0) is 12.4. The Hall–Kier alpha value is -1.75. The van der Waals surface area contributed by atoms with Crippen molar-refractivity contribution in [3.8, 4) is 11.4 Å². The van der Waals surface area contributed by atoms with Gasteiger partial charge in [0.2, 0.25) is 0 Å². The van der Waals surface area contributed by atoms with Crippen LogP contribution < -0.4 is 0 Å². The van der Waals surface area contributed by atoms with Crippen LogP contribution in [0.3, 0.4) is 0 Å². The van der Waals surface area contributed by atoms with Crippen molar-refractivity contribution in [2.75, 3.05) is 0 Å². The first kappa shape index (κ1) is 11.7. The number of carbonyl (C=O) groups is 1. The van der Waals surface area contributed by atoms with Crippen molar-refractivity contribution in [2.45, 2.75) is 6.92 Å². The molecule has 0 spiro atoms. The van der Waals surface area contributed by atoms with Crippen molar-refractivity contribution >= 4 is 21.9 Å². The van der Waals surface area contributed by atoms with Gasteiger partial charge in [-0.1, -0.05) is 28.1 Å². The largest absolute Gasteiger partial charge is 0.477 e. The Morgan fingerprint density at radius 1 is 1.35 bits per heavy atom. The fourth-order valence-corrected chi connectivity index (χ4v) is 1.73. The fourth-order valence-electron chi connectivity index (χ4n) is 1.35. The van der Waals surface area contributed by atoms with Crippen LogP contribution in [0.15, 0.2) is 34.9 Å². The molecule has 0 amide bonds. The topological polar surface area (TPSA) is 63.1 Å². The van der Waals surface area contributed by atoms with Gasteiger partial charge in [0.05, 0.1) is 0 Å². The molecule has 5 heteroatoms. The third-order valence-corrected chi connectivity index (χ3v) is 3.16. The standard InChI is InChI=1S/C12H9BrN2O2/c1-7-2-3-8(6-9(7)13)11-14-5-4-10(15-11)12(16)17/h2-6H,1H3,(H,16,17). The van der Waals surface area contributed by atoms with Crippen LogP contribution in [-0.4, -0.2) is 21.0 Å². The van der Waals surface area contributed by atoms with Crippen LogP contribution in [0.5, 0.6) is 0 Å². The molecule has 0 aliphatic rings. The van der Waals surface area contributed by atoms with Gasteiger partial charge in [0.25, 0.3) is 0 Å². The summed E-state index contributed by atoms with van der Waals surface area (Å²) in [7, 11) is 0. The third kappa shape index (κ3) is 2.50. The SMILES string of the molecule is Cc1ccc(-c2nccc(C(=O)O)n2)cc1Br. The summed E-state index contributed by atoms with van der Waals surface area (Å²) in [6, 6.07) is 7.03. The zero-order valence-electron chi connectivity index (χ0n) is 9.01. The number of nitrogens with zero attached hydrogens (tertiary/aromatic N) is 2. The van der Waals surface area contributed by atoms with E-state index in [1.54, 1.807) is 0 Å². The van der Waals surface area contributed by atoms with Gasteiger partial charge in [0.15, 0.2) is 11.5 Å². The highest BCUT2D eigenvalue weighted by Gasteiger charge is 2.08. The van der Waals surface area contributed by atoms with E-state index in [9.17, 15) is 4.79 Å². The lowest BCUT2D eigenvalue weighted by molar-refractivity contribution is 0.0690. The molecule has 0 saturated heterocycles. The van der Waals surface area contributed by atoms with Crippen LogP contribution in [0.1, 0.15) is 16.1 Å². The van der Waals surface area contributed by atoms with Gasteiger partial charge in [-0.3, -0.25) is 0 Å². The molecule has 0 fully saturated rings. The average Bonchev–Trinajstić information content (AvgIpc) is 2.33. The Morgan fingerprint density at radius 3 is 2.76 bits per heavy atom. The van der Waals surface area contributed by atoms with Gasteiger partial charge < -0.3 is 5.11 Å². The molecule has 2 aromatic rings. The minimum atomic E-state index is -1.06. The number of benzene rings is 1. The summed E-state index contributed by atoms with van der Waals surface area (Å²) < 4.78 is 0.944. The van der Waals surface area contributed by atoms with E-state index >= 15 is 0 Å². The monoisotopic (exact) mass is 292 g/mol. The van der Waals surface area contributed by atoms with E-state index < -0.39 is 5.97 Å². The molecule has 0 atom stereocenters. The second-order valence-electron chi connectivity index (χ2n) is 3.53. The van der Waals surface area contributed by atoms with E-state index in [2.05, 4.69) is 25.9 Å². The number of rotatable bonds is 2. The highest BCUT2D eigenvalue weighted by atomic mass is 79.9. The number of halogens is 1. The van der Waals surface area contributed by atoms with Crippen molar-refractivity contribution in [2.24, 2.45) is 0 Å². The minimum absolute atomic E-state index is 0.00769. The van der Waals surface area contributed by atoms with E-state index in [0.29, 0.717) is 5.82 Å². The van der Waals surface area contributed by atoms with Crippen LogP contribution in [0, 0.1) is 6.92 Å². The van der Waals surface area contributed by atoms with Gasteiger partial charge in [-0.15, -0.1) is 0 Å². The van der Waals surface area contributed by atoms with E-state index in [-0.39, 0.29) is 5.69 Å². The molecule has 0 aliphatic heterocycles. The third-order valence-electron chi connectivity index (χ3n) is 2.30. The van der Waals surface area contributed by atoms with Crippen molar-refractivity contribution in [1.29, 1.82) is 0 Å². The van der Waals surface area contributed by atoms with Crippen LogP contribution in [0.2, 0.25) is 0 Å². The van der Waals surface area contributed by atoms with Gasteiger partial charge in [0, 0.05) is 16.2 Å². The highest BCUT2D eigenvalue weighted by molar-refractivity contribution is 9.10. The summed E-state index contributed by atoms with van der Waals surface area (Å²) in [5.74, 6) is -0.648. The van der Waals surface area contributed by atoms with E-state index in [4.69, 9.17) is 5.11 Å². The lowest BCUT2D eigenvalue weighted by atomic mass is 10.1. The van der Waals surface area contributed by atoms with Crippen molar-refractivity contribution < 1.29 is 9.90 Å². The molecule has 2 rings (SSSR count). The summed E-state index contributed by atoms with van der Waals surface area (Å²) in [5.41, 5.74) is 1.88. The van der Waals surface area contributed by atoms with Gasteiger partial charge in [0.1, 0.15) is 0 Å². The Balaban J connectivity index is 2.49. The molecule has 86 valence electrons. The highest BCUT2D eigenvalue weighted by Crippen LogP contribution is 2.23. The quantitative estimate of drug-likeness (QED) is 0.924. The normalized spacial score (nSPS) is 10.2. The summed E-state index contributed by atoms with van der Waals surface area (Å²) >= 11 is 3.42. The number of aromatic carboxylic acids is 1. The summed E-state index contributed by atoms with van der Waals surface area (Å²) in [5, 5.41) is 8.86. The van der Waals surface area contributed by atoms with Gasteiger partial charge in [-0.2, -0.15) is 0 Å². The zero-order valence-corrected chi connectivity index (χ0v) is 10.6. The molecular formula is C12H9BrN2O2. The molecule has 4 nitrogen and oxygen atoms in total. The van der Waals surface area contributed by atoms with Crippen molar-refractivity contribution in [3.05, 3.63) is 46.2 Å². The molecule has 0 bridgehead atoms. The number of carboxylic acids is 1. The summed E-state index contributed by atoms with van der Waals surface area (Å²) in [6.07, 6.45) is 1.44. The fraction of sp³-hybridized carbons (Fsp3) is 0.0833.